The van der Waals surface area contributed by atoms with Gasteiger partial charge in [-0.2, -0.15) is 0 Å². The Kier molecular flexibility index (Phi) is 4.75. The smallest absolute Gasteiger partial charge is 0.310 e. The standard InChI is InChI=1S/C16H29NO3/c1-13-6-4-8-16(10-13,14(18)19)12-17-9-5-7-15(2,11-17)20-3/h13H,4-12H2,1-3H3,(H,18,19). The van der Waals surface area contributed by atoms with E-state index in [1.54, 1.807) is 7.11 Å². The molecule has 116 valence electrons. The molecule has 1 saturated heterocycles. The molecular weight excluding hydrogens is 254 g/mol. The van der Waals surface area contributed by atoms with Gasteiger partial charge in [-0.1, -0.05) is 19.8 Å². The lowest BCUT2D eigenvalue weighted by molar-refractivity contribution is -0.155. The summed E-state index contributed by atoms with van der Waals surface area (Å²) in [6.07, 6.45) is 6.02. The first kappa shape index (κ1) is 15.8. The third-order valence-corrected chi connectivity index (χ3v) is 5.30. The molecule has 2 aliphatic rings. The van der Waals surface area contributed by atoms with Gasteiger partial charge in [0.2, 0.25) is 0 Å². The molecule has 4 heteroatoms. The second kappa shape index (κ2) is 6.02. The van der Waals surface area contributed by atoms with Crippen LogP contribution in [0.1, 0.15) is 52.4 Å². The summed E-state index contributed by atoms with van der Waals surface area (Å²) in [5, 5.41) is 9.77. The summed E-state index contributed by atoms with van der Waals surface area (Å²) in [7, 11) is 1.76. The van der Waals surface area contributed by atoms with E-state index in [0.29, 0.717) is 12.5 Å². The van der Waals surface area contributed by atoms with E-state index in [1.165, 1.54) is 6.42 Å². The fourth-order valence-corrected chi connectivity index (χ4v) is 4.10. The number of likely N-dealkylation sites (tertiary alicyclic amines) is 1. The van der Waals surface area contributed by atoms with Crippen molar-refractivity contribution in [3.63, 3.8) is 0 Å². The van der Waals surface area contributed by atoms with E-state index in [-0.39, 0.29) is 5.60 Å². The highest BCUT2D eigenvalue weighted by atomic mass is 16.5. The number of hydrogen-bond donors (Lipinski definition) is 1. The fourth-order valence-electron chi connectivity index (χ4n) is 4.10. The van der Waals surface area contributed by atoms with E-state index in [2.05, 4.69) is 18.7 Å². The molecule has 0 bridgehead atoms. The molecule has 0 amide bonds. The number of aliphatic carboxylic acids is 1. The van der Waals surface area contributed by atoms with E-state index < -0.39 is 11.4 Å². The number of carbonyl (C=O) groups is 1. The van der Waals surface area contributed by atoms with E-state index >= 15 is 0 Å². The van der Waals surface area contributed by atoms with Gasteiger partial charge in [0.25, 0.3) is 0 Å². The Morgan fingerprint density at radius 3 is 2.75 bits per heavy atom. The molecule has 20 heavy (non-hydrogen) atoms. The van der Waals surface area contributed by atoms with E-state index in [0.717, 1.165) is 45.2 Å². The summed E-state index contributed by atoms with van der Waals surface area (Å²) in [6, 6.07) is 0. The number of ether oxygens (including phenoxy) is 1. The van der Waals surface area contributed by atoms with Gasteiger partial charge >= 0.3 is 5.97 Å². The summed E-state index contributed by atoms with van der Waals surface area (Å²) < 4.78 is 5.62. The molecule has 0 aromatic carbocycles. The van der Waals surface area contributed by atoms with Crippen LogP contribution in [0.25, 0.3) is 0 Å². The molecule has 3 atom stereocenters. The van der Waals surface area contributed by atoms with Gasteiger partial charge in [0.05, 0.1) is 11.0 Å². The lowest BCUT2D eigenvalue weighted by Crippen LogP contribution is -2.53. The van der Waals surface area contributed by atoms with Crippen LogP contribution in [-0.2, 0) is 9.53 Å². The van der Waals surface area contributed by atoms with Gasteiger partial charge in [-0.3, -0.25) is 9.69 Å². The molecule has 1 aliphatic heterocycles. The number of rotatable bonds is 4. The van der Waals surface area contributed by atoms with Crippen molar-refractivity contribution in [2.75, 3.05) is 26.7 Å². The van der Waals surface area contributed by atoms with Crippen LogP contribution in [0.3, 0.4) is 0 Å². The van der Waals surface area contributed by atoms with Crippen molar-refractivity contribution in [1.29, 1.82) is 0 Å². The highest BCUT2D eigenvalue weighted by Gasteiger charge is 2.44. The lowest BCUT2D eigenvalue weighted by Gasteiger charge is -2.45. The maximum Gasteiger partial charge on any atom is 0.310 e. The van der Waals surface area contributed by atoms with Gasteiger partial charge in [-0.25, -0.2) is 0 Å². The molecule has 0 aromatic rings. The van der Waals surface area contributed by atoms with Gasteiger partial charge in [-0.15, -0.1) is 0 Å². The monoisotopic (exact) mass is 283 g/mol. The normalized spacial score (nSPS) is 39.6. The molecule has 1 saturated carbocycles. The van der Waals surface area contributed by atoms with E-state index in [1.807, 2.05) is 0 Å². The van der Waals surface area contributed by atoms with Gasteiger partial charge in [-0.05, 0) is 45.1 Å². The Morgan fingerprint density at radius 2 is 2.15 bits per heavy atom. The average Bonchev–Trinajstić information content (AvgIpc) is 2.38. The first-order valence-corrected chi connectivity index (χ1v) is 7.90. The average molecular weight is 283 g/mol. The third-order valence-electron chi connectivity index (χ3n) is 5.30. The molecule has 2 fully saturated rings. The van der Waals surface area contributed by atoms with Gasteiger partial charge in [0, 0.05) is 20.2 Å². The Bertz CT molecular complexity index is 360. The van der Waals surface area contributed by atoms with Crippen molar-refractivity contribution in [1.82, 2.24) is 4.90 Å². The highest BCUT2D eigenvalue weighted by molar-refractivity contribution is 5.75. The first-order valence-electron chi connectivity index (χ1n) is 7.90. The topological polar surface area (TPSA) is 49.8 Å². The molecule has 0 aromatic heterocycles. The Labute approximate surface area is 122 Å². The number of carboxylic acid groups (broad SMARTS) is 1. The van der Waals surface area contributed by atoms with Crippen molar-refractivity contribution in [3.8, 4) is 0 Å². The molecule has 1 heterocycles. The van der Waals surface area contributed by atoms with Crippen LogP contribution in [0.2, 0.25) is 0 Å². The highest BCUT2D eigenvalue weighted by Crippen LogP contribution is 2.41. The summed E-state index contributed by atoms with van der Waals surface area (Å²) in [6.45, 7) is 6.86. The summed E-state index contributed by atoms with van der Waals surface area (Å²) in [4.78, 5) is 14.2. The minimum Gasteiger partial charge on any atom is -0.481 e. The van der Waals surface area contributed by atoms with Crippen LogP contribution < -0.4 is 0 Å². The van der Waals surface area contributed by atoms with Crippen LogP contribution >= 0.6 is 0 Å². The van der Waals surface area contributed by atoms with Crippen LogP contribution in [0, 0.1) is 11.3 Å². The summed E-state index contributed by atoms with van der Waals surface area (Å²) in [5.41, 5.74) is -0.651. The minimum absolute atomic E-state index is 0.113. The number of piperidine rings is 1. The largest absolute Gasteiger partial charge is 0.481 e. The Morgan fingerprint density at radius 1 is 1.40 bits per heavy atom. The molecule has 2 rings (SSSR count). The number of nitrogens with zero attached hydrogens (tertiary/aromatic N) is 1. The molecular formula is C16H29NO3. The maximum absolute atomic E-state index is 11.9. The number of methoxy groups -OCH3 is 1. The first-order chi connectivity index (χ1) is 9.39. The molecule has 0 spiro atoms. The van der Waals surface area contributed by atoms with Crippen molar-refractivity contribution < 1.29 is 14.6 Å². The zero-order valence-corrected chi connectivity index (χ0v) is 13.2. The zero-order chi connectivity index (χ0) is 14.8. The van der Waals surface area contributed by atoms with Crippen LogP contribution in [0.15, 0.2) is 0 Å². The van der Waals surface area contributed by atoms with Crippen LogP contribution in [0.5, 0.6) is 0 Å². The predicted molar refractivity (Wildman–Crippen MR) is 78.8 cm³/mol. The number of hydrogen-bond acceptors (Lipinski definition) is 3. The predicted octanol–water partition coefficient (Wildman–Crippen LogP) is 2.77. The van der Waals surface area contributed by atoms with Crippen molar-refractivity contribution in [2.45, 2.75) is 58.0 Å². The van der Waals surface area contributed by atoms with Gasteiger partial charge < -0.3 is 9.84 Å². The van der Waals surface area contributed by atoms with E-state index in [9.17, 15) is 9.90 Å². The second-order valence-corrected chi connectivity index (χ2v) is 7.26. The molecule has 4 nitrogen and oxygen atoms in total. The molecule has 0 radical (unpaired) electrons. The lowest BCUT2D eigenvalue weighted by atomic mass is 9.69. The molecule has 1 aliphatic carbocycles. The third kappa shape index (κ3) is 3.34. The molecule has 1 N–H and O–H groups in total. The minimum atomic E-state index is -0.603. The Balaban J connectivity index is 2.06. The summed E-state index contributed by atoms with van der Waals surface area (Å²) in [5.74, 6) is -0.0767. The van der Waals surface area contributed by atoms with Crippen molar-refractivity contribution in [2.24, 2.45) is 11.3 Å². The SMILES string of the molecule is COC1(C)CCCN(CC2(C(=O)O)CCCC(C)C2)C1. The van der Waals surface area contributed by atoms with Crippen molar-refractivity contribution >= 4 is 5.97 Å². The summed E-state index contributed by atoms with van der Waals surface area (Å²) >= 11 is 0. The second-order valence-electron chi connectivity index (χ2n) is 7.26. The quantitative estimate of drug-likeness (QED) is 0.862. The van der Waals surface area contributed by atoms with Crippen LogP contribution in [-0.4, -0.2) is 48.3 Å². The fraction of sp³-hybridized carbons (Fsp3) is 0.938. The number of carboxylic acids is 1. The van der Waals surface area contributed by atoms with Gasteiger partial charge in [0.1, 0.15) is 0 Å². The van der Waals surface area contributed by atoms with Crippen LogP contribution in [0.4, 0.5) is 0 Å². The van der Waals surface area contributed by atoms with E-state index in [4.69, 9.17) is 4.74 Å². The van der Waals surface area contributed by atoms with Crippen molar-refractivity contribution in [3.05, 3.63) is 0 Å². The van der Waals surface area contributed by atoms with Gasteiger partial charge in [0.15, 0.2) is 0 Å². The zero-order valence-electron chi connectivity index (χ0n) is 13.2. The molecule has 3 unspecified atom stereocenters. The Hall–Kier alpha value is -0.610. The maximum atomic E-state index is 11.9.